The van der Waals surface area contributed by atoms with Crippen LogP contribution in [0.1, 0.15) is 37.2 Å². The molecule has 1 fully saturated rings. The number of hydrogen-bond donors (Lipinski definition) is 0. The van der Waals surface area contributed by atoms with Gasteiger partial charge < -0.3 is 4.42 Å². The van der Waals surface area contributed by atoms with Crippen molar-refractivity contribution in [1.29, 1.82) is 0 Å². The molecule has 0 unspecified atom stereocenters. The van der Waals surface area contributed by atoms with Gasteiger partial charge in [-0.15, -0.1) is 0 Å². The van der Waals surface area contributed by atoms with Crippen LogP contribution in [0.3, 0.4) is 0 Å². The quantitative estimate of drug-likeness (QED) is 0.617. The molecule has 4 rings (SSSR count). The van der Waals surface area contributed by atoms with E-state index in [1.165, 1.54) is 43.4 Å². The average Bonchev–Trinajstić information content (AvgIpc) is 3.22. The van der Waals surface area contributed by atoms with Gasteiger partial charge in [0.2, 0.25) is 0 Å². The Balaban J connectivity index is 1.89. The number of benzene rings is 2. The van der Waals surface area contributed by atoms with Gasteiger partial charge in [0, 0.05) is 17.2 Å². The topological polar surface area (TPSA) is 30.2 Å². The summed E-state index contributed by atoms with van der Waals surface area (Å²) in [7, 11) is -1.19. The predicted molar refractivity (Wildman–Crippen MR) is 95.1 cm³/mol. The van der Waals surface area contributed by atoms with Crippen LogP contribution in [0.4, 0.5) is 4.39 Å². The van der Waals surface area contributed by atoms with E-state index in [1.807, 2.05) is 6.07 Å². The van der Waals surface area contributed by atoms with Crippen LogP contribution in [-0.4, -0.2) is 10.5 Å². The van der Waals surface area contributed by atoms with Gasteiger partial charge in [0.1, 0.15) is 11.4 Å². The summed E-state index contributed by atoms with van der Waals surface area (Å²) in [4.78, 5) is 0.705. The summed E-state index contributed by atoms with van der Waals surface area (Å²) in [5.74, 6) is 0.878. The van der Waals surface area contributed by atoms with Crippen LogP contribution in [-0.2, 0) is 10.8 Å². The molecule has 0 amide bonds. The predicted octanol–water partition coefficient (Wildman–Crippen LogP) is 5.63. The monoisotopic (exact) mass is 342 g/mol. The number of hydrogen-bond acceptors (Lipinski definition) is 2. The summed E-state index contributed by atoms with van der Waals surface area (Å²) in [5, 5.41) is 0.916. The summed E-state index contributed by atoms with van der Waals surface area (Å²) in [5.41, 5.74) is 2.79. The molecular formula is C20H19FO2S. The molecule has 0 N–H and O–H groups in total. The number of furan rings is 1. The number of fused-ring (bicyclic) bond motifs is 1. The van der Waals surface area contributed by atoms with Crippen LogP contribution in [0.25, 0.3) is 22.3 Å². The molecule has 3 aromatic rings. The van der Waals surface area contributed by atoms with Gasteiger partial charge in [-0.25, -0.2) is 4.39 Å². The molecule has 1 aromatic heterocycles. The van der Waals surface area contributed by atoms with Gasteiger partial charge in [-0.2, -0.15) is 0 Å². The molecule has 1 heterocycles. The second kappa shape index (κ2) is 6.17. The maximum absolute atomic E-state index is 13.2. The Morgan fingerprint density at radius 1 is 1.08 bits per heavy atom. The highest BCUT2D eigenvalue weighted by atomic mass is 32.2. The third-order valence-corrected chi connectivity index (χ3v) is 5.87. The zero-order chi connectivity index (χ0) is 16.7. The fraction of sp³-hybridized carbons (Fsp3) is 0.300. The Hall–Kier alpha value is -1.94. The molecule has 1 aliphatic rings. The standard InChI is InChI=1S/C20H19FO2S/c1-24(22)20-17-12-15(13-4-2-3-5-13)8-11-18(17)23-19(20)14-6-9-16(21)10-7-14/h6-13H,2-5H2,1H3/t24-/m0/s1. The summed E-state index contributed by atoms with van der Waals surface area (Å²) in [6.45, 7) is 0. The van der Waals surface area contributed by atoms with Crippen LogP contribution in [0.15, 0.2) is 51.8 Å². The lowest BCUT2D eigenvalue weighted by atomic mass is 9.96. The molecule has 1 saturated carbocycles. The van der Waals surface area contributed by atoms with Gasteiger partial charge in [-0.05, 0) is 60.7 Å². The molecule has 0 aliphatic heterocycles. The second-order valence-electron chi connectivity index (χ2n) is 6.46. The Bertz CT molecular complexity index is 905. The lowest BCUT2D eigenvalue weighted by Gasteiger charge is -2.09. The molecule has 0 radical (unpaired) electrons. The van der Waals surface area contributed by atoms with E-state index in [2.05, 4.69) is 12.1 Å². The van der Waals surface area contributed by atoms with Gasteiger partial charge in [0.15, 0.2) is 5.76 Å². The third kappa shape index (κ3) is 2.69. The minimum absolute atomic E-state index is 0.294. The van der Waals surface area contributed by atoms with Crippen LogP contribution in [0, 0.1) is 5.82 Å². The molecule has 2 nitrogen and oxygen atoms in total. The van der Waals surface area contributed by atoms with Crippen molar-refractivity contribution in [2.24, 2.45) is 0 Å². The molecule has 24 heavy (non-hydrogen) atoms. The molecular weight excluding hydrogens is 323 g/mol. The molecule has 2 aromatic carbocycles. The molecule has 4 heteroatoms. The van der Waals surface area contributed by atoms with Crippen molar-refractivity contribution in [1.82, 2.24) is 0 Å². The van der Waals surface area contributed by atoms with E-state index < -0.39 is 10.8 Å². The van der Waals surface area contributed by atoms with Crippen LogP contribution >= 0.6 is 0 Å². The molecule has 1 atom stereocenters. The molecule has 124 valence electrons. The Morgan fingerprint density at radius 3 is 2.46 bits per heavy atom. The lowest BCUT2D eigenvalue weighted by Crippen LogP contribution is -1.93. The largest absolute Gasteiger partial charge is 0.455 e. The first-order chi connectivity index (χ1) is 11.6. The van der Waals surface area contributed by atoms with E-state index in [-0.39, 0.29) is 5.82 Å². The van der Waals surface area contributed by atoms with Gasteiger partial charge in [-0.3, -0.25) is 4.21 Å². The van der Waals surface area contributed by atoms with Crippen LogP contribution in [0.5, 0.6) is 0 Å². The highest BCUT2D eigenvalue weighted by Crippen LogP contribution is 2.40. The minimum Gasteiger partial charge on any atom is -0.455 e. The SMILES string of the molecule is C[S@](=O)c1c(-c2ccc(F)cc2)oc2ccc(C3CCCC3)cc12. The molecule has 0 spiro atoms. The summed E-state index contributed by atoms with van der Waals surface area (Å²) in [6, 6.07) is 12.4. The minimum atomic E-state index is -1.19. The number of rotatable bonds is 3. The highest BCUT2D eigenvalue weighted by Gasteiger charge is 2.22. The lowest BCUT2D eigenvalue weighted by molar-refractivity contribution is 0.618. The second-order valence-corrected chi connectivity index (χ2v) is 7.77. The van der Waals surface area contributed by atoms with Crippen molar-refractivity contribution in [3.05, 3.63) is 53.8 Å². The maximum Gasteiger partial charge on any atom is 0.151 e. The van der Waals surface area contributed by atoms with Crippen LogP contribution in [0.2, 0.25) is 0 Å². The fourth-order valence-electron chi connectivity index (χ4n) is 3.68. The molecule has 0 bridgehead atoms. The molecule has 0 saturated heterocycles. The van der Waals surface area contributed by atoms with Crippen molar-refractivity contribution in [2.75, 3.05) is 6.26 Å². The van der Waals surface area contributed by atoms with Crippen molar-refractivity contribution in [2.45, 2.75) is 36.5 Å². The third-order valence-electron chi connectivity index (χ3n) is 4.89. The molecule has 1 aliphatic carbocycles. The maximum atomic E-state index is 13.2. The smallest absolute Gasteiger partial charge is 0.151 e. The van der Waals surface area contributed by atoms with Crippen molar-refractivity contribution in [3.8, 4) is 11.3 Å². The van der Waals surface area contributed by atoms with Gasteiger partial charge in [-0.1, -0.05) is 18.9 Å². The zero-order valence-corrected chi connectivity index (χ0v) is 14.4. The summed E-state index contributed by atoms with van der Waals surface area (Å²) in [6.07, 6.45) is 6.67. The first-order valence-corrected chi connectivity index (χ1v) is 9.85. The fourth-order valence-corrected chi connectivity index (χ4v) is 4.57. The van der Waals surface area contributed by atoms with Crippen molar-refractivity contribution in [3.63, 3.8) is 0 Å². The van der Waals surface area contributed by atoms with E-state index >= 15 is 0 Å². The Kier molecular flexibility index (Phi) is 4.01. The summed E-state index contributed by atoms with van der Waals surface area (Å²) < 4.78 is 31.6. The van der Waals surface area contributed by atoms with E-state index in [0.717, 1.165) is 16.5 Å². The summed E-state index contributed by atoms with van der Waals surface area (Å²) >= 11 is 0. The van der Waals surface area contributed by atoms with E-state index in [1.54, 1.807) is 18.4 Å². The van der Waals surface area contributed by atoms with E-state index in [4.69, 9.17) is 4.42 Å². The van der Waals surface area contributed by atoms with E-state index in [0.29, 0.717) is 16.6 Å². The number of halogens is 1. The van der Waals surface area contributed by atoms with Gasteiger partial charge >= 0.3 is 0 Å². The van der Waals surface area contributed by atoms with Gasteiger partial charge in [0.05, 0.1) is 15.7 Å². The normalized spacial score (nSPS) is 16.8. The van der Waals surface area contributed by atoms with Gasteiger partial charge in [0.25, 0.3) is 0 Å². The van der Waals surface area contributed by atoms with Crippen LogP contribution < -0.4 is 0 Å². The Labute approximate surface area is 143 Å². The average molecular weight is 342 g/mol. The first-order valence-electron chi connectivity index (χ1n) is 8.29. The zero-order valence-electron chi connectivity index (χ0n) is 13.5. The Morgan fingerprint density at radius 2 is 1.79 bits per heavy atom. The van der Waals surface area contributed by atoms with E-state index in [9.17, 15) is 8.60 Å². The van der Waals surface area contributed by atoms with Crippen molar-refractivity contribution < 1.29 is 13.0 Å². The van der Waals surface area contributed by atoms with Crippen molar-refractivity contribution >= 4 is 21.8 Å². The highest BCUT2D eigenvalue weighted by molar-refractivity contribution is 7.84. The first kappa shape index (κ1) is 15.6.